The zero-order chi connectivity index (χ0) is 14.4. The molecule has 1 unspecified atom stereocenters. The molecule has 1 aliphatic heterocycles. The van der Waals surface area contributed by atoms with E-state index in [-0.39, 0.29) is 0 Å². The molecular formula is C17H28N2O. The maximum atomic E-state index is 5.78. The van der Waals surface area contributed by atoms with Crippen LogP contribution in [0.2, 0.25) is 0 Å². The fourth-order valence-electron chi connectivity index (χ4n) is 2.97. The maximum Gasteiger partial charge on any atom is 0.121 e. The van der Waals surface area contributed by atoms with Gasteiger partial charge in [0.2, 0.25) is 0 Å². The van der Waals surface area contributed by atoms with Gasteiger partial charge >= 0.3 is 0 Å². The molecule has 0 bridgehead atoms. The summed E-state index contributed by atoms with van der Waals surface area (Å²) in [6.45, 7) is 8.88. The summed E-state index contributed by atoms with van der Waals surface area (Å²) >= 11 is 0. The van der Waals surface area contributed by atoms with Crippen molar-refractivity contribution in [1.29, 1.82) is 0 Å². The van der Waals surface area contributed by atoms with Gasteiger partial charge in [-0.2, -0.15) is 0 Å². The van der Waals surface area contributed by atoms with Crippen molar-refractivity contribution in [3.8, 4) is 5.75 Å². The molecular weight excluding hydrogens is 248 g/mol. The molecule has 0 aliphatic carbocycles. The van der Waals surface area contributed by atoms with Gasteiger partial charge in [-0.3, -0.25) is 4.90 Å². The van der Waals surface area contributed by atoms with Gasteiger partial charge in [0, 0.05) is 18.3 Å². The van der Waals surface area contributed by atoms with E-state index in [4.69, 9.17) is 10.5 Å². The number of rotatable bonds is 5. The minimum atomic E-state index is 0.746. The molecule has 2 N–H and O–H groups in total. The molecule has 2 rings (SSSR count). The van der Waals surface area contributed by atoms with Crippen LogP contribution in [0.1, 0.15) is 33.1 Å². The molecule has 20 heavy (non-hydrogen) atoms. The van der Waals surface area contributed by atoms with Crippen LogP contribution < -0.4 is 10.5 Å². The molecule has 0 spiro atoms. The van der Waals surface area contributed by atoms with E-state index in [1.165, 1.54) is 32.4 Å². The number of ether oxygens (including phenoxy) is 1. The third-order valence-electron chi connectivity index (χ3n) is 4.34. The Morgan fingerprint density at radius 1 is 1.30 bits per heavy atom. The minimum absolute atomic E-state index is 0.746. The van der Waals surface area contributed by atoms with Crippen molar-refractivity contribution < 1.29 is 4.74 Å². The largest absolute Gasteiger partial charge is 0.492 e. The first kappa shape index (κ1) is 15.2. The van der Waals surface area contributed by atoms with Crippen molar-refractivity contribution in [2.75, 3.05) is 32.0 Å². The van der Waals surface area contributed by atoms with E-state index >= 15 is 0 Å². The van der Waals surface area contributed by atoms with Crippen molar-refractivity contribution in [3.05, 3.63) is 24.3 Å². The lowest BCUT2D eigenvalue weighted by Crippen LogP contribution is -2.29. The highest BCUT2D eigenvalue weighted by atomic mass is 16.5. The number of hydrogen-bond acceptors (Lipinski definition) is 3. The van der Waals surface area contributed by atoms with Crippen molar-refractivity contribution in [2.45, 2.75) is 33.1 Å². The molecule has 1 aliphatic rings. The second kappa shape index (κ2) is 7.53. The Morgan fingerprint density at radius 3 is 2.90 bits per heavy atom. The first-order valence-electron chi connectivity index (χ1n) is 7.86. The molecule has 1 aromatic carbocycles. The molecule has 1 atom stereocenters. The minimum Gasteiger partial charge on any atom is -0.492 e. The second-order valence-electron chi connectivity index (χ2n) is 6.20. The van der Waals surface area contributed by atoms with Crippen molar-refractivity contribution >= 4 is 5.69 Å². The number of benzene rings is 1. The van der Waals surface area contributed by atoms with Crippen molar-refractivity contribution in [1.82, 2.24) is 4.90 Å². The predicted octanol–water partition coefficient (Wildman–Crippen LogP) is 3.41. The Bertz CT molecular complexity index is 406. The molecule has 112 valence electrons. The highest BCUT2D eigenvalue weighted by Gasteiger charge is 2.19. The standard InChI is InChI=1S/C17H28N2O/c1-14(2)15-5-4-9-19(10-8-15)11-12-20-17-7-3-6-16(18)13-17/h3,6-7,13-15H,4-5,8-12,18H2,1-2H3. The molecule has 3 heteroatoms. The first-order valence-corrected chi connectivity index (χ1v) is 7.86. The highest BCUT2D eigenvalue weighted by molar-refractivity contribution is 5.43. The quantitative estimate of drug-likeness (QED) is 0.838. The lowest BCUT2D eigenvalue weighted by molar-refractivity contribution is 0.210. The van der Waals surface area contributed by atoms with Crippen LogP contribution in [0.5, 0.6) is 5.75 Å². The number of likely N-dealkylation sites (tertiary alicyclic amines) is 1. The van der Waals surface area contributed by atoms with Gasteiger partial charge in [0.05, 0.1) is 0 Å². The van der Waals surface area contributed by atoms with Gasteiger partial charge in [0.1, 0.15) is 12.4 Å². The molecule has 0 amide bonds. The van der Waals surface area contributed by atoms with Crippen LogP contribution in [0.4, 0.5) is 5.69 Å². The summed E-state index contributed by atoms with van der Waals surface area (Å²) in [6.07, 6.45) is 4.03. The first-order chi connectivity index (χ1) is 9.65. The summed E-state index contributed by atoms with van der Waals surface area (Å²) in [6, 6.07) is 7.67. The van der Waals surface area contributed by atoms with E-state index in [0.717, 1.165) is 36.4 Å². The number of anilines is 1. The summed E-state index contributed by atoms with van der Waals surface area (Å²) in [4.78, 5) is 2.54. The molecule has 3 nitrogen and oxygen atoms in total. The average Bonchev–Trinajstić information content (AvgIpc) is 2.64. The second-order valence-corrected chi connectivity index (χ2v) is 6.20. The summed E-state index contributed by atoms with van der Waals surface area (Å²) in [5.41, 5.74) is 6.51. The number of nitrogen functional groups attached to an aromatic ring is 1. The number of nitrogens with two attached hydrogens (primary N) is 1. The van der Waals surface area contributed by atoms with E-state index in [1.54, 1.807) is 0 Å². The lowest BCUT2D eigenvalue weighted by Gasteiger charge is -2.21. The molecule has 0 saturated carbocycles. The van der Waals surface area contributed by atoms with Crippen molar-refractivity contribution in [3.63, 3.8) is 0 Å². The zero-order valence-electron chi connectivity index (χ0n) is 12.8. The topological polar surface area (TPSA) is 38.5 Å². The van der Waals surface area contributed by atoms with Crippen LogP contribution in [-0.4, -0.2) is 31.1 Å². The van der Waals surface area contributed by atoms with Crippen LogP contribution >= 0.6 is 0 Å². The SMILES string of the molecule is CC(C)C1CCCN(CCOc2cccc(N)c2)CC1. The van der Waals surface area contributed by atoms with Gasteiger partial charge in [0.25, 0.3) is 0 Å². The Kier molecular flexibility index (Phi) is 5.72. The van der Waals surface area contributed by atoms with Gasteiger partial charge in [-0.05, 0) is 56.3 Å². The van der Waals surface area contributed by atoms with Crippen LogP contribution in [0.25, 0.3) is 0 Å². The van der Waals surface area contributed by atoms with Gasteiger partial charge in [-0.25, -0.2) is 0 Å². The molecule has 1 fully saturated rings. The monoisotopic (exact) mass is 276 g/mol. The number of hydrogen-bond donors (Lipinski definition) is 1. The summed E-state index contributed by atoms with van der Waals surface area (Å²) in [5, 5.41) is 0. The highest BCUT2D eigenvalue weighted by Crippen LogP contribution is 2.24. The summed E-state index contributed by atoms with van der Waals surface area (Å²) in [7, 11) is 0. The van der Waals surface area contributed by atoms with Gasteiger partial charge in [-0.1, -0.05) is 19.9 Å². The van der Waals surface area contributed by atoms with Crippen LogP contribution in [0, 0.1) is 11.8 Å². The summed E-state index contributed by atoms with van der Waals surface area (Å²) < 4.78 is 5.78. The smallest absolute Gasteiger partial charge is 0.121 e. The van der Waals surface area contributed by atoms with Gasteiger partial charge in [-0.15, -0.1) is 0 Å². The fourth-order valence-corrected chi connectivity index (χ4v) is 2.97. The fraction of sp³-hybridized carbons (Fsp3) is 0.647. The number of nitrogens with zero attached hydrogens (tertiary/aromatic N) is 1. The average molecular weight is 276 g/mol. The van der Waals surface area contributed by atoms with Crippen molar-refractivity contribution in [2.24, 2.45) is 11.8 Å². The van der Waals surface area contributed by atoms with Crippen LogP contribution in [0.15, 0.2) is 24.3 Å². The lowest BCUT2D eigenvalue weighted by atomic mass is 9.89. The maximum absolute atomic E-state index is 5.78. The Balaban J connectivity index is 1.72. The molecule has 1 heterocycles. The normalized spacial score (nSPS) is 20.9. The van der Waals surface area contributed by atoms with Gasteiger partial charge in [0.15, 0.2) is 0 Å². The van der Waals surface area contributed by atoms with E-state index in [1.807, 2.05) is 24.3 Å². The van der Waals surface area contributed by atoms with Gasteiger partial charge < -0.3 is 10.5 Å². The third-order valence-corrected chi connectivity index (χ3v) is 4.34. The van der Waals surface area contributed by atoms with E-state index in [2.05, 4.69) is 18.7 Å². The molecule has 0 aromatic heterocycles. The summed E-state index contributed by atoms with van der Waals surface area (Å²) in [5.74, 6) is 2.59. The molecule has 0 radical (unpaired) electrons. The van der Waals surface area contributed by atoms with E-state index < -0.39 is 0 Å². The van der Waals surface area contributed by atoms with Crippen LogP contribution in [0.3, 0.4) is 0 Å². The zero-order valence-corrected chi connectivity index (χ0v) is 12.8. The Labute approximate surface area is 123 Å². The molecule has 1 aromatic rings. The van der Waals surface area contributed by atoms with E-state index in [0.29, 0.717) is 0 Å². The van der Waals surface area contributed by atoms with Crippen LogP contribution in [-0.2, 0) is 0 Å². The predicted molar refractivity (Wildman–Crippen MR) is 85.0 cm³/mol. The Morgan fingerprint density at radius 2 is 2.15 bits per heavy atom. The van der Waals surface area contributed by atoms with E-state index in [9.17, 15) is 0 Å². The Hall–Kier alpha value is -1.22. The third kappa shape index (κ3) is 4.71. The molecule has 1 saturated heterocycles.